The van der Waals surface area contributed by atoms with Gasteiger partial charge in [0.25, 0.3) is 0 Å². The predicted octanol–water partition coefficient (Wildman–Crippen LogP) is 4.92. The molecule has 0 bridgehead atoms. The summed E-state index contributed by atoms with van der Waals surface area (Å²) in [6.45, 7) is 3.00. The molecule has 0 amide bonds. The molecule has 4 aromatic rings. The minimum atomic E-state index is 0.882. The first kappa shape index (κ1) is 15.6. The second kappa shape index (κ2) is 6.54. The van der Waals surface area contributed by atoms with E-state index in [1.807, 2.05) is 19.4 Å². The molecule has 0 radical (unpaired) electrons. The van der Waals surface area contributed by atoms with Crippen LogP contribution in [0.1, 0.15) is 11.1 Å². The Balaban J connectivity index is 1.78. The van der Waals surface area contributed by atoms with Crippen LogP contribution in [0.3, 0.4) is 0 Å². The summed E-state index contributed by atoms with van der Waals surface area (Å²) in [7, 11) is 1.96. The van der Waals surface area contributed by atoms with Gasteiger partial charge in [-0.05, 0) is 36.7 Å². The molecule has 2 aromatic heterocycles. The summed E-state index contributed by atoms with van der Waals surface area (Å²) in [6.07, 6.45) is 3.98. The Morgan fingerprint density at radius 2 is 1.80 bits per heavy atom. The summed E-state index contributed by atoms with van der Waals surface area (Å²) in [5.41, 5.74) is 8.20. The van der Waals surface area contributed by atoms with Crippen LogP contribution in [0.4, 0.5) is 0 Å². The molecule has 0 atom stereocenters. The van der Waals surface area contributed by atoms with Gasteiger partial charge in [0, 0.05) is 35.5 Å². The molecule has 3 heteroatoms. The number of nitrogens with one attached hydrogen (secondary N) is 2. The average molecular weight is 327 g/mol. The Morgan fingerprint density at radius 1 is 0.960 bits per heavy atom. The summed E-state index contributed by atoms with van der Waals surface area (Å²) in [6, 6.07) is 19.4. The first-order chi connectivity index (χ1) is 12.2. The molecule has 0 aliphatic heterocycles. The summed E-state index contributed by atoms with van der Waals surface area (Å²) in [4.78, 5) is 7.91. The smallest absolute Gasteiger partial charge is 0.137 e. The number of fused-ring (bicyclic) bond motifs is 1. The van der Waals surface area contributed by atoms with Crippen LogP contribution in [0.5, 0.6) is 0 Å². The number of H-pyrrole nitrogens is 1. The molecule has 0 fully saturated rings. The largest absolute Gasteiger partial charge is 0.346 e. The molecule has 0 aliphatic rings. The Bertz CT molecular complexity index is 1010. The SMILES string of the molecule is CNCc1ccc(-c2cnc3[nH]cc(-c4cccc(C)c4)c3c2)cc1. The number of aromatic nitrogens is 2. The summed E-state index contributed by atoms with van der Waals surface area (Å²) in [5, 5.41) is 4.33. The standard InChI is InChI=1S/C22H21N3/c1-15-4-3-5-18(10-15)21-14-25-22-20(21)11-19(13-24-22)17-8-6-16(7-9-17)12-23-2/h3-11,13-14,23H,12H2,1-2H3,(H,24,25). The van der Waals surface area contributed by atoms with E-state index in [-0.39, 0.29) is 0 Å². The molecule has 3 nitrogen and oxygen atoms in total. The van der Waals surface area contributed by atoms with Crippen molar-refractivity contribution >= 4 is 11.0 Å². The predicted molar refractivity (Wildman–Crippen MR) is 104 cm³/mol. The topological polar surface area (TPSA) is 40.7 Å². The van der Waals surface area contributed by atoms with Crippen LogP contribution in [0.2, 0.25) is 0 Å². The van der Waals surface area contributed by atoms with Crippen molar-refractivity contribution < 1.29 is 0 Å². The zero-order valence-corrected chi connectivity index (χ0v) is 14.5. The number of rotatable bonds is 4. The number of hydrogen-bond acceptors (Lipinski definition) is 2. The van der Waals surface area contributed by atoms with Gasteiger partial charge in [-0.1, -0.05) is 54.1 Å². The molecule has 0 saturated carbocycles. The van der Waals surface area contributed by atoms with Crippen LogP contribution in [0.15, 0.2) is 67.0 Å². The van der Waals surface area contributed by atoms with Crippen molar-refractivity contribution in [2.24, 2.45) is 0 Å². The van der Waals surface area contributed by atoms with Gasteiger partial charge < -0.3 is 10.3 Å². The van der Waals surface area contributed by atoms with Crippen molar-refractivity contribution in [1.82, 2.24) is 15.3 Å². The van der Waals surface area contributed by atoms with Crippen LogP contribution < -0.4 is 5.32 Å². The maximum atomic E-state index is 4.62. The fraction of sp³-hybridized carbons (Fsp3) is 0.136. The van der Waals surface area contributed by atoms with Crippen molar-refractivity contribution in [3.63, 3.8) is 0 Å². The van der Waals surface area contributed by atoms with E-state index in [2.05, 4.69) is 76.8 Å². The van der Waals surface area contributed by atoms with Gasteiger partial charge in [0.15, 0.2) is 0 Å². The van der Waals surface area contributed by atoms with Crippen molar-refractivity contribution in [3.05, 3.63) is 78.1 Å². The summed E-state index contributed by atoms with van der Waals surface area (Å²) in [5.74, 6) is 0. The number of nitrogens with zero attached hydrogens (tertiary/aromatic N) is 1. The molecule has 0 saturated heterocycles. The number of aryl methyl sites for hydroxylation is 1. The quantitative estimate of drug-likeness (QED) is 0.558. The normalized spacial score (nSPS) is 11.1. The van der Waals surface area contributed by atoms with Crippen LogP contribution >= 0.6 is 0 Å². The highest BCUT2D eigenvalue weighted by atomic mass is 14.8. The van der Waals surface area contributed by atoms with Gasteiger partial charge in [-0.3, -0.25) is 0 Å². The maximum Gasteiger partial charge on any atom is 0.137 e. The summed E-state index contributed by atoms with van der Waals surface area (Å²) >= 11 is 0. The van der Waals surface area contributed by atoms with Gasteiger partial charge in [-0.15, -0.1) is 0 Å². The van der Waals surface area contributed by atoms with Crippen molar-refractivity contribution in [2.45, 2.75) is 13.5 Å². The van der Waals surface area contributed by atoms with E-state index in [0.29, 0.717) is 0 Å². The third-order valence-corrected chi connectivity index (χ3v) is 4.53. The lowest BCUT2D eigenvalue weighted by Gasteiger charge is -2.06. The third-order valence-electron chi connectivity index (χ3n) is 4.53. The fourth-order valence-electron chi connectivity index (χ4n) is 3.23. The molecule has 4 rings (SSSR count). The van der Waals surface area contributed by atoms with Crippen LogP contribution in [-0.4, -0.2) is 17.0 Å². The Hall–Kier alpha value is -2.91. The fourth-order valence-corrected chi connectivity index (χ4v) is 3.23. The van der Waals surface area contributed by atoms with Crippen molar-refractivity contribution in [1.29, 1.82) is 0 Å². The number of aromatic amines is 1. The zero-order chi connectivity index (χ0) is 17.2. The number of benzene rings is 2. The molecular formula is C22H21N3. The minimum Gasteiger partial charge on any atom is -0.346 e. The highest BCUT2D eigenvalue weighted by Crippen LogP contribution is 2.31. The molecule has 25 heavy (non-hydrogen) atoms. The molecule has 0 aliphatic carbocycles. The minimum absolute atomic E-state index is 0.882. The second-order valence-electron chi connectivity index (χ2n) is 6.42. The van der Waals surface area contributed by atoms with E-state index in [4.69, 9.17) is 0 Å². The first-order valence-electron chi connectivity index (χ1n) is 8.53. The lowest BCUT2D eigenvalue weighted by Crippen LogP contribution is -2.04. The van der Waals surface area contributed by atoms with Crippen molar-refractivity contribution in [2.75, 3.05) is 7.05 Å². The van der Waals surface area contributed by atoms with Gasteiger partial charge in [-0.25, -0.2) is 4.98 Å². The molecule has 2 aromatic carbocycles. The Morgan fingerprint density at radius 3 is 2.56 bits per heavy atom. The number of hydrogen-bond donors (Lipinski definition) is 2. The Kier molecular flexibility index (Phi) is 4.08. The highest BCUT2D eigenvalue weighted by Gasteiger charge is 2.09. The molecule has 2 N–H and O–H groups in total. The molecule has 0 spiro atoms. The zero-order valence-electron chi connectivity index (χ0n) is 14.5. The number of pyridine rings is 1. The summed E-state index contributed by atoms with van der Waals surface area (Å²) < 4.78 is 0. The molecule has 0 unspecified atom stereocenters. The molecule has 2 heterocycles. The van der Waals surface area contributed by atoms with Crippen LogP contribution in [-0.2, 0) is 6.54 Å². The molecule has 124 valence electrons. The van der Waals surface area contributed by atoms with Crippen molar-refractivity contribution in [3.8, 4) is 22.3 Å². The third kappa shape index (κ3) is 3.06. The van der Waals surface area contributed by atoms with Crippen LogP contribution in [0.25, 0.3) is 33.3 Å². The maximum absolute atomic E-state index is 4.62. The first-order valence-corrected chi connectivity index (χ1v) is 8.53. The van der Waals surface area contributed by atoms with E-state index in [9.17, 15) is 0 Å². The van der Waals surface area contributed by atoms with E-state index in [1.165, 1.54) is 27.8 Å². The lowest BCUT2D eigenvalue weighted by molar-refractivity contribution is 0.818. The lowest BCUT2D eigenvalue weighted by atomic mass is 10.0. The monoisotopic (exact) mass is 327 g/mol. The van der Waals surface area contributed by atoms with Gasteiger partial charge in [0.05, 0.1) is 0 Å². The van der Waals surface area contributed by atoms with Gasteiger partial charge >= 0.3 is 0 Å². The van der Waals surface area contributed by atoms with Gasteiger partial charge in [0.2, 0.25) is 0 Å². The van der Waals surface area contributed by atoms with E-state index >= 15 is 0 Å². The van der Waals surface area contributed by atoms with Crippen LogP contribution in [0, 0.1) is 6.92 Å². The second-order valence-corrected chi connectivity index (χ2v) is 6.42. The van der Waals surface area contributed by atoms with Gasteiger partial charge in [-0.2, -0.15) is 0 Å². The van der Waals surface area contributed by atoms with Gasteiger partial charge in [0.1, 0.15) is 5.65 Å². The van der Waals surface area contributed by atoms with E-state index in [1.54, 1.807) is 0 Å². The van der Waals surface area contributed by atoms with E-state index < -0.39 is 0 Å². The molecular weight excluding hydrogens is 306 g/mol. The Labute approximate surface area is 147 Å². The average Bonchev–Trinajstić information content (AvgIpc) is 3.06. The van der Waals surface area contributed by atoms with E-state index in [0.717, 1.165) is 23.1 Å². The highest BCUT2D eigenvalue weighted by molar-refractivity contribution is 5.95.